The van der Waals surface area contributed by atoms with Gasteiger partial charge in [-0.15, -0.1) is 0 Å². The summed E-state index contributed by atoms with van der Waals surface area (Å²) >= 11 is 0. The van der Waals surface area contributed by atoms with Gasteiger partial charge < -0.3 is 4.74 Å². The molecular weight excluding hydrogens is 378 g/mol. The summed E-state index contributed by atoms with van der Waals surface area (Å²) in [5.41, 5.74) is 3.49. The van der Waals surface area contributed by atoms with E-state index in [9.17, 15) is 9.59 Å². The smallest absolute Gasteiger partial charge is 0.302 e. The van der Waals surface area contributed by atoms with Gasteiger partial charge >= 0.3 is 5.97 Å². The summed E-state index contributed by atoms with van der Waals surface area (Å²) in [6.07, 6.45) is 13.9. The summed E-state index contributed by atoms with van der Waals surface area (Å²) in [7, 11) is 0. The molecule has 2 fully saturated rings. The van der Waals surface area contributed by atoms with Crippen molar-refractivity contribution in [1.82, 2.24) is 15.0 Å². The van der Waals surface area contributed by atoms with E-state index < -0.39 is 0 Å². The van der Waals surface area contributed by atoms with Crippen molar-refractivity contribution < 1.29 is 14.3 Å². The Balaban J connectivity index is 1.46. The highest BCUT2D eigenvalue weighted by atomic mass is 16.5. The number of esters is 1. The molecule has 0 bridgehead atoms. The minimum absolute atomic E-state index is 0.0273. The van der Waals surface area contributed by atoms with Crippen LogP contribution in [0.3, 0.4) is 0 Å². The molecule has 0 amide bonds. The lowest BCUT2D eigenvalue weighted by Gasteiger charge is -2.57. The Morgan fingerprint density at radius 1 is 1.13 bits per heavy atom. The molecule has 30 heavy (non-hydrogen) atoms. The fraction of sp³-hybridized carbons (Fsp3) is 0.667. The Morgan fingerprint density at radius 2 is 1.87 bits per heavy atom. The van der Waals surface area contributed by atoms with E-state index in [1.165, 1.54) is 12.5 Å². The van der Waals surface area contributed by atoms with Crippen LogP contribution in [0.1, 0.15) is 65.7 Å². The molecule has 5 rings (SSSR count). The molecule has 0 radical (unpaired) electrons. The van der Waals surface area contributed by atoms with Crippen LogP contribution in [0.25, 0.3) is 5.70 Å². The number of ether oxygens (including phenoxy) is 1. The van der Waals surface area contributed by atoms with Crippen LogP contribution in [-0.4, -0.2) is 33.4 Å². The molecule has 4 aliphatic carbocycles. The quantitative estimate of drug-likeness (QED) is 0.425. The van der Waals surface area contributed by atoms with Crippen LogP contribution in [0, 0.1) is 28.6 Å². The number of aromatic nitrogens is 3. The molecule has 6 heteroatoms. The normalized spacial score (nSPS) is 40.2. The number of allylic oxidation sites excluding steroid dienone is 3. The first-order valence-electron chi connectivity index (χ1n) is 11.3. The van der Waals surface area contributed by atoms with Gasteiger partial charge in [0.25, 0.3) is 0 Å². The minimum atomic E-state index is -0.176. The Morgan fingerprint density at radius 3 is 2.57 bits per heavy atom. The van der Waals surface area contributed by atoms with E-state index >= 15 is 0 Å². The number of aldehydes is 1. The van der Waals surface area contributed by atoms with Crippen molar-refractivity contribution in [1.29, 1.82) is 0 Å². The molecule has 2 saturated carbocycles. The van der Waals surface area contributed by atoms with Crippen molar-refractivity contribution in [3.63, 3.8) is 0 Å². The lowest BCUT2D eigenvalue weighted by Crippen LogP contribution is -2.50. The lowest BCUT2D eigenvalue weighted by molar-refractivity contribution is -0.148. The van der Waals surface area contributed by atoms with E-state index in [2.05, 4.69) is 30.1 Å². The van der Waals surface area contributed by atoms with Gasteiger partial charge in [0.15, 0.2) is 0 Å². The molecule has 6 atom stereocenters. The van der Waals surface area contributed by atoms with Gasteiger partial charge in [0.05, 0.1) is 18.1 Å². The van der Waals surface area contributed by atoms with Gasteiger partial charge in [-0.3, -0.25) is 9.59 Å². The molecule has 0 spiro atoms. The van der Waals surface area contributed by atoms with Crippen LogP contribution in [0.2, 0.25) is 0 Å². The van der Waals surface area contributed by atoms with E-state index in [1.807, 2.05) is 0 Å². The van der Waals surface area contributed by atoms with Crippen LogP contribution in [0.5, 0.6) is 0 Å². The maximum atomic E-state index is 12.0. The summed E-state index contributed by atoms with van der Waals surface area (Å²) < 4.78 is 5.55. The fourth-order valence-electron chi connectivity index (χ4n) is 7.45. The highest BCUT2D eigenvalue weighted by Gasteiger charge is 2.59. The first-order valence-corrected chi connectivity index (χ1v) is 11.3. The first-order chi connectivity index (χ1) is 14.4. The number of hydrogen-bond donors (Lipinski definition) is 0. The lowest BCUT2D eigenvalue weighted by atomic mass is 9.48. The van der Waals surface area contributed by atoms with Crippen LogP contribution in [0.15, 0.2) is 29.6 Å². The monoisotopic (exact) mass is 409 g/mol. The molecule has 1 heterocycles. The van der Waals surface area contributed by atoms with Gasteiger partial charge in [-0.05, 0) is 61.7 Å². The number of carbonyl (C=O) groups excluding carboxylic acids is 2. The maximum absolute atomic E-state index is 12.0. The van der Waals surface area contributed by atoms with E-state index in [-0.39, 0.29) is 22.9 Å². The third-order valence-electron chi connectivity index (χ3n) is 8.83. The maximum Gasteiger partial charge on any atom is 0.302 e. The van der Waals surface area contributed by atoms with Crippen molar-refractivity contribution in [2.45, 2.75) is 71.8 Å². The second kappa shape index (κ2) is 6.89. The highest BCUT2D eigenvalue weighted by molar-refractivity contribution is 5.86. The minimum Gasteiger partial charge on any atom is -0.462 e. The molecule has 0 aromatic carbocycles. The summed E-state index contributed by atoms with van der Waals surface area (Å²) in [5, 5.41) is 8.77. The summed E-state index contributed by atoms with van der Waals surface area (Å²) in [5.74, 6) is 1.44. The number of carbonyl (C=O) groups is 2. The van der Waals surface area contributed by atoms with Crippen molar-refractivity contribution in [2.24, 2.45) is 28.6 Å². The van der Waals surface area contributed by atoms with E-state index in [0.717, 1.165) is 62.5 Å². The van der Waals surface area contributed by atoms with Crippen molar-refractivity contribution in [3.8, 4) is 0 Å². The predicted octanol–water partition coefficient (Wildman–Crippen LogP) is 4.19. The summed E-state index contributed by atoms with van der Waals surface area (Å²) in [4.78, 5) is 25.1. The Labute approximate surface area is 177 Å². The zero-order valence-electron chi connectivity index (χ0n) is 18.1. The first kappa shape index (κ1) is 19.7. The molecule has 5 unspecified atom stereocenters. The second-order valence-corrected chi connectivity index (χ2v) is 10.2. The van der Waals surface area contributed by atoms with Crippen molar-refractivity contribution in [3.05, 3.63) is 29.6 Å². The average molecular weight is 410 g/mol. The van der Waals surface area contributed by atoms with Crippen molar-refractivity contribution >= 4 is 18.0 Å². The zero-order chi connectivity index (χ0) is 21.1. The van der Waals surface area contributed by atoms with Crippen LogP contribution < -0.4 is 0 Å². The Bertz CT molecular complexity index is 934. The number of rotatable bonds is 3. The Kier molecular flexibility index (Phi) is 4.53. The fourth-order valence-corrected chi connectivity index (χ4v) is 7.45. The molecule has 4 aliphatic rings. The van der Waals surface area contributed by atoms with Crippen LogP contribution >= 0.6 is 0 Å². The van der Waals surface area contributed by atoms with Crippen LogP contribution in [-0.2, 0) is 14.3 Å². The van der Waals surface area contributed by atoms with E-state index in [0.29, 0.717) is 17.8 Å². The zero-order valence-corrected chi connectivity index (χ0v) is 18.1. The molecule has 160 valence electrons. The summed E-state index contributed by atoms with van der Waals surface area (Å²) in [6.45, 7) is 6.26. The van der Waals surface area contributed by atoms with Gasteiger partial charge in [-0.25, -0.2) is 0 Å². The molecule has 1 aromatic rings. The van der Waals surface area contributed by atoms with Gasteiger partial charge in [0.2, 0.25) is 0 Å². The number of hydrogen-bond acceptors (Lipinski definition) is 5. The molecular formula is C24H31N3O3. The van der Waals surface area contributed by atoms with Crippen molar-refractivity contribution in [2.75, 3.05) is 0 Å². The highest BCUT2D eigenvalue weighted by Crippen LogP contribution is 2.66. The molecule has 1 aromatic heterocycles. The van der Waals surface area contributed by atoms with Gasteiger partial charge in [-0.1, -0.05) is 25.5 Å². The molecule has 6 nitrogen and oxygen atoms in total. The topological polar surface area (TPSA) is 74.1 Å². The molecule has 0 saturated heterocycles. The second-order valence-electron chi connectivity index (χ2n) is 10.2. The average Bonchev–Trinajstić information content (AvgIpc) is 3.32. The van der Waals surface area contributed by atoms with E-state index in [1.54, 1.807) is 17.2 Å². The molecule has 0 N–H and O–H groups in total. The Hall–Kier alpha value is -2.24. The largest absolute Gasteiger partial charge is 0.462 e. The predicted molar refractivity (Wildman–Crippen MR) is 112 cm³/mol. The van der Waals surface area contributed by atoms with Gasteiger partial charge in [-0.2, -0.15) is 15.0 Å². The third kappa shape index (κ3) is 2.75. The van der Waals surface area contributed by atoms with E-state index in [4.69, 9.17) is 4.74 Å². The third-order valence-corrected chi connectivity index (χ3v) is 8.83. The number of fused-ring (bicyclic) bond motifs is 5. The van der Waals surface area contributed by atoms with Gasteiger partial charge in [0, 0.05) is 24.3 Å². The number of nitrogens with zero attached hydrogens (tertiary/aromatic N) is 3. The van der Waals surface area contributed by atoms with Gasteiger partial charge in [0.1, 0.15) is 12.4 Å². The SMILES string of the molecule is CC(=O)O[C@H]1CCC2(C)C(=CCC3C2CCC2(C)C(n4nccn4)=C(C=O)CC32)C1. The standard InChI is InChI=1S/C24H31N3O3/c1-15(29)30-18-6-8-23(2)17(13-18)4-5-19-20(23)7-9-24(3)21(19)12-16(14-28)22(24)27-25-10-11-26-27/h4,10-11,14,18-21H,5-9,12-13H2,1-3H3/t18-,19?,20?,21?,23?,24?/m0/s1. The molecule has 0 aliphatic heterocycles. The van der Waals surface area contributed by atoms with Crippen LogP contribution in [0.4, 0.5) is 0 Å². The summed E-state index contributed by atoms with van der Waals surface area (Å²) in [6, 6.07) is 0.